The van der Waals surface area contributed by atoms with Crippen LogP contribution >= 0.6 is 0 Å². The number of alkyl halides is 2. The highest BCUT2D eigenvalue weighted by Crippen LogP contribution is 2.24. The predicted octanol–water partition coefficient (Wildman–Crippen LogP) is 2.80. The molecule has 7 nitrogen and oxygen atoms in total. The van der Waals surface area contributed by atoms with Crippen LogP contribution in [0.1, 0.15) is 66.2 Å². The van der Waals surface area contributed by atoms with Gasteiger partial charge in [0.25, 0.3) is 0 Å². The summed E-state index contributed by atoms with van der Waals surface area (Å²) in [6, 6.07) is 0. The lowest BCUT2D eigenvalue weighted by atomic mass is 9.90. The monoisotopic (exact) mass is 422 g/mol. The van der Waals surface area contributed by atoms with Crippen LogP contribution in [0.5, 0.6) is 0 Å². The molecule has 0 heterocycles. The third-order valence-corrected chi connectivity index (χ3v) is 4.46. The van der Waals surface area contributed by atoms with Gasteiger partial charge in [0.05, 0.1) is 25.7 Å². The molecule has 1 saturated carbocycles. The van der Waals surface area contributed by atoms with Crippen LogP contribution in [0.15, 0.2) is 0 Å². The zero-order valence-electron chi connectivity index (χ0n) is 18.0. The SMILES string of the molecule is CC(C)C(N)=O.CCOC(=O)C(F)(F)CNC(=O)CC(C)OCC1CCCCC1. The van der Waals surface area contributed by atoms with E-state index in [9.17, 15) is 23.2 Å². The van der Waals surface area contributed by atoms with E-state index < -0.39 is 24.3 Å². The van der Waals surface area contributed by atoms with Gasteiger partial charge in [-0.25, -0.2) is 4.79 Å². The molecule has 1 rings (SSSR count). The maximum absolute atomic E-state index is 13.4. The molecule has 0 aromatic carbocycles. The molecule has 1 aliphatic rings. The van der Waals surface area contributed by atoms with Gasteiger partial charge in [-0.3, -0.25) is 9.59 Å². The lowest BCUT2D eigenvalue weighted by Crippen LogP contribution is -2.43. The van der Waals surface area contributed by atoms with E-state index in [2.05, 4.69) is 10.1 Å². The minimum Gasteiger partial charge on any atom is -0.462 e. The molecule has 0 spiro atoms. The Labute approximate surface area is 172 Å². The Balaban J connectivity index is 0.00000113. The first-order valence-electron chi connectivity index (χ1n) is 10.2. The third-order valence-electron chi connectivity index (χ3n) is 4.46. The summed E-state index contributed by atoms with van der Waals surface area (Å²) in [7, 11) is 0. The molecular weight excluding hydrogens is 386 g/mol. The Hall–Kier alpha value is -1.77. The second kappa shape index (κ2) is 14.3. The summed E-state index contributed by atoms with van der Waals surface area (Å²) in [4.78, 5) is 32.6. The zero-order chi connectivity index (χ0) is 22.4. The lowest BCUT2D eigenvalue weighted by molar-refractivity contribution is -0.170. The summed E-state index contributed by atoms with van der Waals surface area (Å²) in [5.74, 6) is -5.62. The molecule has 2 amide bonds. The van der Waals surface area contributed by atoms with Crippen LogP contribution < -0.4 is 11.1 Å². The molecule has 1 fully saturated rings. The number of esters is 1. The molecule has 0 bridgehead atoms. The van der Waals surface area contributed by atoms with Gasteiger partial charge in [0.1, 0.15) is 0 Å². The topological polar surface area (TPSA) is 108 Å². The van der Waals surface area contributed by atoms with Crippen molar-refractivity contribution in [2.24, 2.45) is 17.6 Å². The van der Waals surface area contributed by atoms with E-state index >= 15 is 0 Å². The number of halogens is 2. The standard InChI is InChI=1S/C16H27F2NO4.C4H9NO/c1-3-22-15(21)16(17,18)11-19-14(20)9-12(2)23-10-13-7-5-4-6-8-13;1-3(2)4(5)6/h12-13H,3-11H2,1-2H3,(H,19,20);3H,1-2H3,(H2,5,6). The molecule has 9 heteroatoms. The highest BCUT2D eigenvalue weighted by atomic mass is 19.3. The molecule has 1 aliphatic carbocycles. The maximum atomic E-state index is 13.4. The molecule has 3 N–H and O–H groups in total. The van der Waals surface area contributed by atoms with Crippen molar-refractivity contribution in [1.29, 1.82) is 0 Å². The predicted molar refractivity (Wildman–Crippen MR) is 105 cm³/mol. The number of amides is 2. The highest BCUT2D eigenvalue weighted by molar-refractivity contribution is 5.80. The minimum absolute atomic E-state index is 0.00831. The van der Waals surface area contributed by atoms with Crippen molar-refractivity contribution in [3.8, 4) is 0 Å². The van der Waals surface area contributed by atoms with E-state index in [0.29, 0.717) is 12.5 Å². The largest absolute Gasteiger partial charge is 0.462 e. The van der Waals surface area contributed by atoms with E-state index in [1.165, 1.54) is 26.2 Å². The molecule has 0 aromatic rings. The summed E-state index contributed by atoms with van der Waals surface area (Å²) in [5, 5.41) is 2.06. The van der Waals surface area contributed by atoms with Crippen LogP contribution in [0.2, 0.25) is 0 Å². The highest BCUT2D eigenvalue weighted by Gasteiger charge is 2.40. The molecule has 170 valence electrons. The first-order valence-corrected chi connectivity index (χ1v) is 10.2. The molecule has 1 atom stereocenters. The second-order valence-corrected chi connectivity index (χ2v) is 7.61. The molecule has 0 aromatic heterocycles. The quantitative estimate of drug-likeness (QED) is 0.527. The number of carbonyl (C=O) groups excluding carboxylic acids is 3. The smallest absolute Gasteiger partial charge is 0.378 e. The summed E-state index contributed by atoms with van der Waals surface area (Å²) in [6.07, 6.45) is 5.63. The number of hydrogen-bond donors (Lipinski definition) is 2. The number of ether oxygens (including phenoxy) is 2. The average Bonchev–Trinajstić information content (AvgIpc) is 2.66. The van der Waals surface area contributed by atoms with E-state index in [0.717, 1.165) is 12.8 Å². The van der Waals surface area contributed by atoms with Gasteiger partial charge in [-0.05, 0) is 32.6 Å². The van der Waals surface area contributed by atoms with Gasteiger partial charge in [-0.15, -0.1) is 0 Å². The zero-order valence-corrected chi connectivity index (χ0v) is 18.0. The Morgan fingerprint density at radius 2 is 1.69 bits per heavy atom. The van der Waals surface area contributed by atoms with E-state index in [-0.39, 0.29) is 31.0 Å². The summed E-state index contributed by atoms with van der Waals surface area (Å²) in [6.45, 7) is 6.14. The third kappa shape index (κ3) is 13.1. The molecule has 1 unspecified atom stereocenters. The second-order valence-electron chi connectivity index (χ2n) is 7.61. The van der Waals surface area contributed by atoms with Crippen molar-refractivity contribution in [3.05, 3.63) is 0 Å². The number of nitrogens with two attached hydrogens (primary N) is 1. The summed E-state index contributed by atoms with van der Waals surface area (Å²) < 4.78 is 36.6. The molecule has 29 heavy (non-hydrogen) atoms. The Kier molecular flexibility index (Phi) is 13.4. The van der Waals surface area contributed by atoms with Crippen LogP contribution in [-0.4, -0.2) is 49.6 Å². The molecule has 0 saturated heterocycles. The van der Waals surface area contributed by atoms with Gasteiger partial charge in [0.15, 0.2) is 0 Å². The fraction of sp³-hybridized carbons (Fsp3) is 0.850. The first kappa shape index (κ1) is 27.2. The number of nitrogens with one attached hydrogen (secondary N) is 1. The van der Waals surface area contributed by atoms with E-state index in [1.807, 2.05) is 0 Å². The number of carbonyl (C=O) groups is 3. The van der Waals surface area contributed by atoms with Crippen LogP contribution in [0.25, 0.3) is 0 Å². The number of rotatable bonds is 10. The van der Waals surface area contributed by atoms with Crippen molar-refractivity contribution in [2.75, 3.05) is 19.8 Å². The summed E-state index contributed by atoms with van der Waals surface area (Å²) >= 11 is 0. The van der Waals surface area contributed by atoms with Crippen molar-refractivity contribution >= 4 is 17.8 Å². The normalized spacial score (nSPS) is 15.8. The summed E-state index contributed by atoms with van der Waals surface area (Å²) in [5.41, 5.74) is 4.80. The van der Waals surface area contributed by atoms with Gasteiger partial charge in [0.2, 0.25) is 11.8 Å². The van der Waals surface area contributed by atoms with E-state index in [1.54, 1.807) is 20.8 Å². The average molecular weight is 423 g/mol. The van der Waals surface area contributed by atoms with Gasteiger partial charge in [-0.1, -0.05) is 33.1 Å². The Morgan fingerprint density at radius 1 is 1.14 bits per heavy atom. The number of hydrogen-bond acceptors (Lipinski definition) is 5. The van der Waals surface area contributed by atoms with Crippen LogP contribution in [0.4, 0.5) is 8.78 Å². The maximum Gasteiger partial charge on any atom is 0.378 e. The Morgan fingerprint density at radius 3 is 2.17 bits per heavy atom. The van der Waals surface area contributed by atoms with Crippen molar-refractivity contribution in [3.63, 3.8) is 0 Å². The van der Waals surface area contributed by atoms with Gasteiger partial charge in [-0.2, -0.15) is 8.78 Å². The van der Waals surface area contributed by atoms with Crippen molar-refractivity contribution < 1.29 is 32.6 Å². The van der Waals surface area contributed by atoms with Crippen LogP contribution in [-0.2, 0) is 23.9 Å². The lowest BCUT2D eigenvalue weighted by Gasteiger charge is -2.23. The first-order chi connectivity index (χ1) is 13.5. The fourth-order valence-electron chi connectivity index (χ4n) is 2.56. The Bertz CT molecular complexity index is 509. The molecule has 0 aliphatic heterocycles. The van der Waals surface area contributed by atoms with Gasteiger partial charge in [0, 0.05) is 12.5 Å². The van der Waals surface area contributed by atoms with Crippen LogP contribution in [0, 0.1) is 11.8 Å². The van der Waals surface area contributed by atoms with Crippen molar-refractivity contribution in [2.45, 2.75) is 78.2 Å². The molecule has 0 radical (unpaired) electrons. The fourth-order valence-corrected chi connectivity index (χ4v) is 2.56. The van der Waals surface area contributed by atoms with E-state index in [4.69, 9.17) is 10.5 Å². The van der Waals surface area contributed by atoms with Gasteiger partial charge >= 0.3 is 11.9 Å². The van der Waals surface area contributed by atoms with Crippen LogP contribution in [0.3, 0.4) is 0 Å². The minimum atomic E-state index is -3.71. The van der Waals surface area contributed by atoms with Gasteiger partial charge < -0.3 is 20.5 Å². The number of primary amides is 1. The molecular formula is C20H36F2N2O5. The van der Waals surface area contributed by atoms with Crippen molar-refractivity contribution in [1.82, 2.24) is 5.32 Å².